The molecule has 0 radical (unpaired) electrons. The summed E-state index contributed by atoms with van der Waals surface area (Å²) in [4.78, 5) is 10.4. The first kappa shape index (κ1) is 22.9. The van der Waals surface area contributed by atoms with Crippen molar-refractivity contribution in [3.05, 3.63) is 23.1 Å². The van der Waals surface area contributed by atoms with Gasteiger partial charge in [-0.2, -0.15) is 8.42 Å². The number of rotatable bonds is 15. The van der Waals surface area contributed by atoms with Crippen molar-refractivity contribution in [3.8, 4) is 0 Å². The highest BCUT2D eigenvalue weighted by Crippen LogP contribution is 2.14. The number of carboxylic acids is 1. The first-order valence-electron chi connectivity index (χ1n) is 8.91. The van der Waals surface area contributed by atoms with Gasteiger partial charge in [-0.3, -0.25) is 9.35 Å². The summed E-state index contributed by atoms with van der Waals surface area (Å²) in [6.07, 6.45) is 15.2. The van der Waals surface area contributed by atoms with Gasteiger partial charge < -0.3 is 5.11 Å². The minimum atomic E-state index is -4.10. The molecule has 0 atom stereocenters. The van der Waals surface area contributed by atoms with Crippen LogP contribution in [0.1, 0.15) is 84.0 Å². The monoisotopic (exact) mass is 360 g/mol. The number of hydrogen-bond acceptors (Lipinski definition) is 3. The molecule has 2 N–H and O–H groups in total. The molecule has 0 spiro atoms. The van der Waals surface area contributed by atoms with Gasteiger partial charge in [0.25, 0.3) is 10.1 Å². The molecule has 0 aliphatic rings. The highest BCUT2D eigenvalue weighted by molar-refractivity contribution is 7.89. The average molecular weight is 361 g/mol. The number of unbranched alkanes of at least 4 members (excludes halogenated alkanes) is 8. The van der Waals surface area contributed by atoms with Gasteiger partial charge in [0, 0.05) is 12.8 Å². The first-order valence-corrected chi connectivity index (χ1v) is 10.3. The van der Waals surface area contributed by atoms with Crippen LogP contribution in [0.5, 0.6) is 0 Å². The molecule has 0 aliphatic carbocycles. The van der Waals surface area contributed by atoms with E-state index in [2.05, 4.69) is 6.92 Å². The van der Waals surface area contributed by atoms with Gasteiger partial charge in [0.2, 0.25) is 0 Å². The lowest BCUT2D eigenvalue weighted by Crippen LogP contribution is -2.01. The lowest BCUT2D eigenvalue weighted by Gasteiger charge is -2.01. The van der Waals surface area contributed by atoms with Crippen LogP contribution in [-0.4, -0.2) is 24.0 Å². The number of carbonyl (C=O) groups is 1. The molecule has 24 heavy (non-hydrogen) atoms. The van der Waals surface area contributed by atoms with E-state index in [-0.39, 0.29) is 17.7 Å². The molecule has 0 saturated carbocycles. The fourth-order valence-electron chi connectivity index (χ4n) is 2.34. The van der Waals surface area contributed by atoms with Gasteiger partial charge in [-0.15, -0.1) is 0 Å². The number of aliphatic carboxylic acids is 1. The molecule has 0 aliphatic heterocycles. The van der Waals surface area contributed by atoms with E-state index >= 15 is 0 Å². The smallest absolute Gasteiger partial charge is 0.303 e. The van der Waals surface area contributed by atoms with Crippen LogP contribution in [0.3, 0.4) is 0 Å². The third-order valence-electron chi connectivity index (χ3n) is 3.76. The Labute approximate surface area is 146 Å². The van der Waals surface area contributed by atoms with E-state index in [1.54, 1.807) is 12.2 Å². The van der Waals surface area contributed by atoms with Crippen LogP contribution < -0.4 is 0 Å². The normalized spacial score (nSPS) is 12.8. The summed E-state index contributed by atoms with van der Waals surface area (Å²) in [5.74, 6) is -0.740. The predicted molar refractivity (Wildman–Crippen MR) is 97.5 cm³/mol. The molecule has 0 heterocycles. The molecular weight excluding hydrogens is 328 g/mol. The van der Waals surface area contributed by atoms with E-state index in [1.807, 2.05) is 6.08 Å². The Balaban J connectivity index is 3.92. The molecule has 0 saturated heterocycles. The third kappa shape index (κ3) is 14.5. The Kier molecular flexibility index (Phi) is 13.5. The largest absolute Gasteiger partial charge is 0.481 e. The molecular formula is C18H32O5S. The molecule has 0 unspecified atom stereocenters. The minimum absolute atomic E-state index is 0.0866. The summed E-state index contributed by atoms with van der Waals surface area (Å²) in [5, 5.41) is 8.52. The molecule has 0 aromatic rings. The van der Waals surface area contributed by atoms with Crippen molar-refractivity contribution in [2.45, 2.75) is 84.0 Å². The van der Waals surface area contributed by atoms with E-state index in [4.69, 9.17) is 5.11 Å². The summed E-state index contributed by atoms with van der Waals surface area (Å²) in [7, 11) is -4.10. The Morgan fingerprint density at radius 2 is 1.54 bits per heavy atom. The van der Waals surface area contributed by atoms with Gasteiger partial charge in [0.05, 0.1) is 4.91 Å². The van der Waals surface area contributed by atoms with Crippen LogP contribution in [0.2, 0.25) is 0 Å². The van der Waals surface area contributed by atoms with E-state index in [0.717, 1.165) is 57.8 Å². The van der Waals surface area contributed by atoms with Crippen LogP contribution in [0, 0.1) is 0 Å². The van der Waals surface area contributed by atoms with E-state index in [0.29, 0.717) is 6.42 Å². The van der Waals surface area contributed by atoms with Gasteiger partial charge in [0.1, 0.15) is 0 Å². The maximum absolute atomic E-state index is 11.3. The van der Waals surface area contributed by atoms with Crippen LogP contribution >= 0.6 is 0 Å². The van der Waals surface area contributed by atoms with Gasteiger partial charge in [-0.05, 0) is 32.1 Å². The molecule has 0 aromatic heterocycles. The number of hydrogen-bond donors (Lipinski definition) is 2. The zero-order valence-corrected chi connectivity index (χ0v) is 15.6. The van der Waals surface area contributed by atoms with Gasteiger partial charge in [-0.25, -0.2) is 0 Å². The van der Waals surface area contributed by atoms with E-state index in [1.165, 1.54) is 0 Å². The minimum Gasteiger partial charge on any atom is -0.481 e. The summed E-state index contributed by atoms with van der Waals surface area (Å²) < 4.78 is 31.9. The maximum atomic E-state index is 11.3. The van der Waals surface area contributed by atoms with Crippen molar-refractivity contribution in [1.29, 1.82) is 0 Å². The molecule has 0 aromatic carbocycles. The molecule has 0 amide bonds. The van der Waals surface area contributed by atoms with Crippen LogP contribution in [0.15, 0.2) is 23.1 Å². The Bertz CT molecular complexity index is 492. The fraction of sp³-hybridized carbons (Fsp3) is 0.722. The fourth-order valence-corrected chi connectivity index (χ4v) is 2.97. The molecule has 0 fully saturated rings. The average Bonchev–Trinajstić information content (AvgIpc) is 2.49. The van der Waals surface area contributed by atoms with Crippen LogP contribution in [0.4, 0.5) is 0 Å². The summed E-state index contributed by atoms with van der Waals surface area (Å²) in [6, 6.07) is 0. The number of carboxylic acid groups (broad SMARTS) is 1. The topological polar surface area (TPSA) is 91.7 Å². The molecule has 0 rings (SSSR count). The van der Waals surface area contributed by atoms with Gasteiger partial charge in [0.15, 0.2) is 0 Å². The van der Waals surface area contributed by atoms with Crippen molar-refractivity contribution < 1.29 is 22.9 Å². The molecule has 5 nitrogen and oxygen atoms in total. The highest BCUT2D eigenvalue weighted by atomic mass is 32.2. The lowest BCUT2D eigenvalue weighted by atomic mass is 10.1. The molecule has 140 valence electrons. The van der Waals surface area contributed by atoms with Crippen LogP contribution in [-0.2, 0) is 14.9 Å². The van der Waals surface area contributed by atoms with E-state index < -0.39 is 16.1 Å². The van der Waals surface area contributed by atoms with Crippen molar-refractivity contribution in [3.63, 3.8) is 0 Å². The third-order valence-corrected chi connectivity index (χ3v) is 4.75. The Morgan fingerprint density at radius 1 is 0.917 bits per heavy atom. The quantitative estimate of drug-likeness (QED) is 0.241. The number of allylic oxidation sites excluding steroid dienone is 4. The second kappa shape index (κ2) is 14.2. The predicted octanol–water partition coefficient (Wildman–Crippen LogP) is 5.10. The highest BCUT2D eigenvalue weighted by Gasteiger charge is 2.11. The zero-order chi connectivity index (χ0) is 18.3. The summed E-state index contributed by atoms with van der Waals surface area (Å²) in [5.41, 5.74) is 0. The molecule has 6 heteroatoms. The van der Waals surface area contributed by atoms with Crippen molar-refractivity contribution in [2.24, 2.45) is 0 Å². The zero-order valence-electron chi connectivity index (χ0n) is 14.7. The van der Waals surface area contributed by atoms with Crippen LogP contribution in [0.25, 0.3) is 0 Å². The Hall–Kier alpha value is -1.14. The van der Waals surface area contributed by atoms with Gasteiger partial charge >= 0.3 is 5.97 Å². The van der Waals surface area contributed by atoms with Crippen molar-refractivity contribution in [2.75, 3.05) is 0 Å². The van der Waals surface area contributed by atoms with Gasteiger partial charge in [-0.1, -0.05) is 57.3 Å². The van der Waals surface area contributed by atoms with E-state index in [9.17, 15) is 17.8 Å². The van der Waals surface area contributed by atoms with Crippen molar-refractivity contribution >= 4 is 16.1 Å². The Morgan fingerprint density at radius 3 is 2.17 bits per heavy atom. The summed E-state index contributed by atoms with van der Waals surface area (Å²) in [6.45, 7) is 2.09. The summed E-state index contributed by atoms with van der Waals surface area (Å²) >= 11 is 0. The first-order chi connectivity index (χ1) is 11.4. The maximum Gasteiger partial charge on any atom is 0.303 e. The second-order valence-corrected chi connectivity index (χ2v) is 7.49. The lowest BCUT2D eigenvalue weighted by molar-refractivity contribution is -0.137. The van der Waals surface area contributed by atoms with Crippen molar-refractivity contribution in [1.82, 2.24) is 0 Å². The SMILES string of the molecule is CCCCCC=C(CC=CCCCCCCCC(=O)O)S(=O)(=O)O. The second-order valence-electron chi connectivity index (χ2n) is 6.02. The standard InChI is InChI=1S/C18H32O5S/c1-2-3-4-11-14-17(24(21,22)23)15-12-9-7-5-6-8-10-13-16-18(19)20/h9,12,14H,2-8,10-11,13,15-16H2,1H3,(H,19,20)(H,21,22,23). The molecule has 0 bridgehead atoms.